The minimum Gasteiger partial charge on any atom is -0.496 e. The first-order valence-electron chi connectivity index (χ1n) is 11.9. The molecule has 0 aromatic heterocycles. The van der Waals surface area contributed by atoms with Crippen molar-refractivity contribution in [3.63, 3.8) is 0 Å². The van der Waals surface area contributed by atoms with E-state index >= 15 is 0 Å². The summed E-state index contributed by atoms with van der Waals surface area (Å²) >= 11 is 0. The fraction of sp³-hybridized carbons (Fsp3) is 0.241. The number of methoxy groups -OCH3 is 3. The molecule has 184 valence electrons. The van der Waals surface area contributed by atoms with Gasteiger partial charge < -0.3 is 24.8 Å². The minimum absolute atomic E-state index is 0.0588. The fourth-order valence-corrected chi connectivity index (χ4v) is 4.90. The van der Waals surface area contributed by atoms with Crippen LogP contribution in [0.25, 0.3) is 0 Å². The van der Waals surface area contributed by atoms with Gasteiger partial charge in [0.05, 0.1) is 38.7 Å². The molecule has 0 saturated carbocycles. The van der Waals surface area contributed by atoms with Gasteiger partial charge in [0.25, 0.3) is 0 Å². The summed E-state index contributed by atoms with van der Waals surface area (Å²) in [6.07, 6.45) is 1.96. The van der Waals surface area contributed by atoms with Gasteiger partial charge in [-0.05, 0) is 37.1 Å². The topological polar surface area (TPSA) is 85.9 Å². The summed E-state index contributed by atoms with van der Waals surface area (Å²) in [6.45, 7) is 0. The number of anilines is 2. The second-order valence-electron chi connectivity index (χ2n) is 8.78. The summed E-state index contributed by atoms with van der Waals surface area (Å²) in [7, 11) is 4.74. The minimum atomic E-state index is -0.480. The molecule has 0 unspecified atom stereocenters. The normalized spacial score (nSPS) is 16.6. The monoisotopic (exact) mass is 484 g/mol. The van der Waals surface area contributed by atoms with Crippen LogP contribution >= 0.6 is 0 Å². The number of carbonyl (C=O) groups is 2. The van der Waals surface area contributed by atoms with E-state index in [0.717, 1.165) is 35.5 Å². The average molecular weight is 485 g/mol. The number of Topliss-reactive ketones (excluding diaryl/α,β-unsaturated/α-hetero) is 1. The van der Waals surface area contributed by atoms with Gasteiger partial charge in [-0.3, -0.25) is 9.59 Å². The predicted molar refractivity (Wildman–Crippen MR) is 138 cm³/mol. The van der Waals surface area contributed by atoms with Gasteiger partial charge in [0, 0.05) is 40.4 Å². The Labute approximate surface area is 210 Å². The summed E-state index contributed by atoms with van der Waals surface area (Å²) in [5, 5.41) is 7.02. The van der Waals surface area contributed by atoms with Crippen LogP contribution in [-0.4, -0.2) is 32.9 Å². The molecule has 0 bridgehead atoms. The molecule has 0 radical (unpaired) electrons. The third kappa shape index (κ3) is 4.17. The Hall–Kier alpha value is -4.26. The van der Waals surface area contributed by atoms with E-state index < -0.39 is 6.04 Å². The lowest BCUT2D eigenvalue weighted by atomic mass is 9.86. The van der Waals surface area contributed by atoms with Gasteiger partial charge >= 0.3 is 0 Å². The number of benzene rings is 3. The van der Waals surface area contributed by atoms with Crippen LogP contribution in [0.4, 0.5) is 11.4 Å². The summed E-state index contributed by atoms with van der Waals surface area (Å²) in [6, 6.07) is 17.9. The van der Waals surface area contributed by atoms with Crippen LogP contribution in [0.3, 0.4) is 0 Å². The molecule has 0 fully saturated rings. The molecule has 3 aromatic carbocycles. The average Bonchev–Trinajstić information content (AvgIpc) is 3.09. The van der Waals surface area contributed by atoms with Crippen molar-refractivity contribution in [1.29, 1.82) is 0 Å². The molecular formula is C29H28N2O5. The molecule has 7 heteroatoms. The number of nitrogens with one attached hydrogen (secondary N) is 2. The molecule has 0 amide bonds. The molecule has 7 nitrogen and oxygen atoms in total. The highest BCUT2D eigenvalue weighted by Gasteiger charge is 2.34. The maximum atomic E-state index is 13.3. The second kappa shape index (κ2) is 9.77. The van der Waals surface area contributed by atoms with Gasteiger partial charge in [0.15, 0.2) is 23.1 Å². The van der Waals surface area contributed by atoms with Crippen LogP contribution in [-0.2, 0) is 4.79 Å². The van der Waals surface area contributed by atoms with Gasteiger partial charge in [-0.2, -0.15) is 0 Å². The Morgan fingerprint density at radius 2 is 1.53 bits per heavy atom. The van der Waals surface area contributed by atoms with Crippen molar-refractivity contribution < 1.29 is 23.8 Å². The molecular weight excluding hydrogens is 456 g/mol. The van der Waals surface area contributed by atoms with Crippen molar-refractivity contribution in [2.75, 3.05) is 32.0 Å². The first-order chi connectivity index (χ1) is 17.5. The van der Waals surface area contributed by atoms with Crippen molar-refractivity contribution in [2.24, 2.45) is 0 Å². The SMILES string of the molecule is COc1cc(OC)c([C@@H]2Nc3ccc(C(=O)c4ccccc4)cc3NC3=C2C(=O)CCC3)cc1OC. The van der Waals surface area contributed by atoms with Crippen LogP contribution in [0.2, 0.25) is 0 Å². The zero-order valence-corrected chi connectivity index (χ0v) is 20.5. The van der Waals surface area contributed by atoms with E-state index in [1.165, 1.54) is 0 Å². The lowest BCUT2D eigenvalue weighted by molar-refractivity contribution is -0.116. The van der Waals surface area contributed by atoms with E-state index in [-0.39, 0.29) is 11.6 Å². The number of carbonyl (C=O) groups excluding carboxylic acids is 2. The van der Waals surface area contributed by atoms with E-state index in [1.807, 2.05) is 36.4 Å². The number of hydrogen-bond acceptors (Lipinski definition) is 7. The van der Waals surface area contributed by atoms with Crippen LogP contribution in [0.5, 0.6) is 17.2 Å². The van der Waals surface area contributed by atoms with Crippen molar-refractivity contribution >= 4 is 22.9 Å². The molecule has 1 atom stereocenters. The van der Waals surface area contributed by atoms with Crippen LogP contribution in [0.1, 0.15) is 46.8 Å². The molecule has 5 rings (SSSR count). The Morgan fingerprint density at radius 1 is 0.806 bits per heavy atom. The first kappa shape index (κ1) is 23.5. The van der Waals surface area contributed by atoms with Crippen LogP contribution in [0.15, 0.2) is 71.9 Å². The first-order valence-corrected chi connectivity index (χ1v) is 11.9. The van der Waals surface area contributed by atoms with Gasteiger partial charge in [-0.15, -0.1) is 0 Å². The smallest absolute Gasteiger partial charge is 0.193 e. The van der Waals surface area contributed by atoms with Crippen molar-refractivity contribution in [3.8, 4) is 17.2 Å². The Bertz CT molecular complexity index is 1360. The predicted octanol–water partition coefficient (Wildman–Crippen LogP) is 5.53. The Balaban J connectivity index is 1.63. The van der Waals surface area contributed by atoms with E-state index in [0.29, 0.717) is 40.4 Å². The van der Waals surface area contributed by atoms with Gasteiger partial charge in [0.1, 0.15) is 5.75 Å². The number of hydrogen-bond donors (Lipinski definition) is 2. The molecule has 2 N–H and O–H groups in total. The quantitative estimate of drug-likeness (QED) is 0.445. The molecule has 3 aromatic rings. The maximum absolute atomic E-state index is 13.3. The molecule has 1 aliphatic carbocycles. The number of ketones is 2. The summed E-state index contributed by atoms with van der Waals surface area (Å²) in [5.41, 5.74) is 5.00. The van der Waals surface area contributed by atoms with Gasteiger partial charge in [-0.25, -0.2) is 0 Å². The highest BCUT2D eigenvalue weighted by Crippen LogP contribution is 2.46. The van der Waals surface area contributed by atoms with E-state index in [1.54, 1.807) is 45.6 Å². The second-order valence-corrected chi connectivity index (χ2v) is 8.78. The molecule has 1 heterocycles. The molecule has 0 spiro atoms. The number of rotatable bonds is 6. The standard InChI is InChI=1S/C29H28N2O5/c1-34-24-16-26(36-3)25(35-2)15-19(24)28-27-21(10-7-11-23(27)32)30-22-14-18(12-13-20(22)31-28)29(33)17-8-5-4-6-9-17/h4-6,8-9,12-16,28,30-31H,7,10-11H2,1-3H3/t28-/m0/s1. The number of allylic oxidation sites excluding steroid dienone is 1. The number of fused-ring (bicyclic) bond motifs is 1. The van der Waals surface area contributed by atoms with Gasteiger partial charge in [-0.1, -0.05) is 30.3 Å². The zero-order chi connectivity index (χ0) is 25.2. The molecule has 1 aliphatic heterocycles. The summed E-state index contributed by atoms with van der Waals surface area (Å²) in [5.74, 6) is 1.68. The lowest BCUT2D eigenvalue weighted by Crippen LogP contribution is -2.24. The summed E-state index contributed by atoms with van der Waals surface area (Å²) in [4.78, 5) is 26.4. The van der Waals surface area contributed by atoms with E-state index in [2.05, 4.69) is 10.6 Å². The molecule has 2 aliphatic rings. The van der Waals surface area contributed by atoms with Crippen molar-refractivity contribution in [3.05, 3.63) is 88.6 Å². The maximum Gasteiger partial charge on any atom is 0.193 e. The third-order valence-electron chi connectivity index (χ3n) is 6.69. The molecule has 0 saturated heterocycles. The van der Waals surface area contributed by atoms with Gasteiger partial charge in [0.2, 0.25) is 0 Å². The largest absolute Gasteiger partial charge is 0.496 e. The van der Waals surface area contributed by atoms with E-state index in [4.69, 9.17) is 14.2 Å². The van der Waals surface area contributed by atoms with Crippen LogP contribution in [0, 0.1) is 0 Å². The van der Waals surface area contributed by atoms with E-state index in [9.17, 15) is 9.59 Å². The van der Waals surface area contributed by atoms with Crippen molar-refractivity contribution in [1.82, 2.24) is 0 Å². The highest BCUT2D eigenvalue weighted by molar-refractivity contribution is 6.10. The number of ether oxygens (including phenoxy) is 3. The highest BCUT2D eigenvalue weighted by atomic mass is 16.5. The van der Waals surface area contributed by atoms with Crippen molar-refractivity contribution in [2.45, 2.75) is 25.3 Å². The zero-order valence-electron chi connectivity index (χ0n) is 20.5. The lowest BCUT2D eigenvalue weighted by Gasteiger charge is -2.27. The Morgan fingerprint density at radius 3 is 2.25 bits per heavy atom. The van der Waals surface area contributed by atoms with Crippen LogP contribution < -0.4 is 24.8 Å². The third-order valence-corrected chi connectivity index (χ3v) is 6.69. The fourth-order valence-electron chi connectivity index (χ4n) is 4.90. The molecule has 36 heavy (non-hydrogen) atoms. The Kier molecular flexibility index (Phi) is 6.38. The summed E-state index contributed by atoms with van der Waals surface area (Å²) < 4.78 is 16.7.